The summed E-state index contributed by atoms with van der Waals surface area (Å²) in [4.78, 5) is 22.2. The smallest absolute Gasteiger partial charge is 0.326 e. The van der Waals surface area contributed by atoms with Crippen LogP contribution in [0.4, 0.5) is 8.78 Å². The number of carbonyl (C=O) groups excluding carboxylic acids is 1. The Bertz CT molecular complexity index is 477. The third kappa shape index (κ3) is 4.65. The summed E-state index contributed by atoms with van der Waals surface area (Å²) in [5.74, 6) is -3.43. The minimum Gasteiger partial charge on any atom is -0.480 e. The normalized spacial score (nSPS) is 11.9. The van der Waals surface area contributed by atoms with Crippen LogP contribution in [0, 0.1) is 11.6 Å². The molecule has 1 aromatic rings. The van der Waals surface area contributed by atoms with Crippen LogP contribution in [0.1, 0.15) is 25.3 Å². The summed E-state index contributed by atoms with van der Waals surface area (Å²) in [5.41, 5.74) is 0.484. The van der Waals surface area contributed by atoms with Crippen LogP contribution in [-0.2, 0) is 16.0 Å². The van der Waals surface area contributed by atoms with Crippen LogP contribution in [0.5, 0.6) is 0 Å². The summed E-state index contributed by atoms with van der Waals surface area (Å²) >= 11 is 0. The molecule has 0 radical (unpaired) electrons. The molecule has 1 amide bonds. The first kappa shape index (κ1) is 15.1. The summed E-state index contributed by atoms with van der Waals surface area (Å²) < 4.78 is 25.6. The lowest BCUT2D eigenvalue weighted by atomic mass is 10.1. The molecule has 0 aliphatic rings. The summed E-state index contributed by atoms with van der Waals surface area (Å²) in [6.45, 7) is 1.65. The van der Waals surface area contributed by atoms with Gasteiger partial charge in [-0.2, -0.15) is 0 Å². The van der Waals surface area contributed by atoms with Crippen molar-refractivity contribution < 1.29 is 23.5 Å². The highest BCUT2D eigenvalue weighted by atomic mass is 19.2. The van der Waals surface area contributed by atoms with E-state index in [4.69, 9.17) is 5.11 Å². The van der Waals surface area contributed by atoms with Gasteiger partial charge in [0.05, 0.1) is 0 Å². The fraction of sp³-hybridized carbons (Fsp3) is 0.385. The predicted octanol–water partition coefficient (Wildman–Crippen LogP) is 1.88. The van der Waals surface area contributed by atoms with E-state index < -0.39 is 29.6 Å². The van der Waals surface area contributed by atoms with Gasteiger partial charge < -0.3 is 10.4 Å². The highest BCUT2D eigenvalue weighted by Crippen LogP contribution is 2.10. The van der Waals surface area contributed by atoms with Crippen molar-refractivity contribution in [1.29, 1.82) is 0 Å². The maximum Gasteiger partial charge on any atom is 0.326 e. The Morgan fingerprint density at radius 3 is 2.53 bits per heavy atom. The molecule has 0 fully saturated rings. The van der Waals surface area contributed by atoms with Crippen LogP contribution in [0.25, 0.3) is 0 Å². The fourth-order valence-corrected chi connectivity index (χ4v) is 1.56. The van der Waals surface area contributed by atoms with Crippen LogP contribution < -0.4 is 5.32 Å². The number of benzene rings is 1. The highest BCUT2D eigenvalue weighted by molar-refractivity contribution is 5.83. The lowest BCUT2D eigenvalue weighted by Crippen LogP contribution is -2.40. The van der Waals surface area contributed by atoms with Crippen molar-refractivity contribution in [3.63, 3.8) is 0 Å². The lowest BCUT2D eigenvalue weighted by molar-refractivity contribution is -0.141. The number of nitrogens with one attached hydrogen (secondary N) is 1. The molecule has 0 heterocycles. The van der Waals surface area contributed by atoms with E-state index in [1.807, 2.05) is 0 Å². The molecule has 0 spiro atoms. The average molecular weight is 271 g/mol. The maximum atomic E-state index is 12.9. The zero-order valence-electron chi connectivity index (χ0n) is 10.5. The van der Waals surface area contributed by atoms with E-state index in [2.05, 4.69) is 5.32 Å². The largest absolute Gasteiger partial charge is 0.480 e. The zero-order chi connectivity index (χ0) is 14.4. The minimum absolute atomic E-state index is 0.0227. The van der Waals surface area contributed by atoms with E-state index in [9.17, 15) is 18.4 Å². The van der Waals surface area contributed by atoms with Crippen molar-refractivity contribution in [2.45, 2.75) is 32.2 Å². The Labute approximate surface area is 109 Å². The third-order valence-electron chi connectivity index (χ3n) is 2.67. The molecule has 6 heteroatoms. The van der Waals surface area contributed by atoms with E-state index in [1.165, 1.54) is 6.07 Å². The molecule has 0 aliphatic heterocycles. The van der Waals surface area contributed by atoms with E-state index in [1.54, 1.807) is 6.92 Å². The average Bonchev–Trinajstić information content (AvgIpc) is 2.37. The second-order valence-electron chi connectivity index (χ2n) is 4.12. The van der Waals surface area contributed by atoms with Crippen molar-refractivity contribution in [2.75, 3.05) is 0 Å². The quantitative estimate of drug-likeness (QED) is 0.830. The molecule has 1 rings (SSSR count). The molecule has 2 N–H and O–H groups in total. The summed E-state index contributed by atoms with van der Waals surface area (Å²) in [5, 5.41) is 11.1. The number of halogens is 2. The first-order chi connectivity index (χ1) is 8.93. The van der Waals surface area contributed by atoms with Gasteiger partial charge in [-0.15, -0.1) is 0 Å². The van der Waals surface area contributed by atoms with Gasteiger partial charge in [0, 0.05) is 6.42 Å². The number of rotatable bonds is 6. The summed E-state index contributed by atoms with van der Waals surface area (Å²) in [6, 6.07) is 2.49. The molecule has 1 atom stereocenters. The molecule has 0 aromatic heterocycles. The van der Waals surface area contributed by atoms with Crippen LogP contribution in [0.2, 0.25) is 0 Å². The van der Waals surface area contributed by atoms with E-state index >= 15 is 0 Å². The van der Waals surface area contributed by atoms with E-state index in [-0.39, 0.29) is 19.3 Å². The van der Waals surface area contributed by atoms with Crippen molar-refractivity contribution in [1.82, 2.24) is 5.32 Å². The van der Waals surface area contributed by atoms with Gasteiger partial charge in [-0.3, -0.25) is 4.79 Å². The van der Waals surface area contributed by atoms with Crippen LogP contribution in [0.3, 0.4) is 0 Å². The number of amides is 1. The minimum atomic E-state index is -1.09. The van der Waals surface area contributed by atoms with Gasteiger partial charge >= 0.3 is 5.97 Å². The molecular formula is C13H15F2NO3. The Morgan fingerprint density at radius 2 is 2.00 bits per heavy atom. The Morgan fingerprint density at radius 1 is 1.32 bits per heavy atom. The highest BCUT2D eigenvalue weighted by Gasteiger charge is 2.17. The first-order valence-corrected chi connectivity index (χ1v) is 5.90. The molecule has 1 aromatic carbocycles. The van der Waals surface area contributed by atoms with Gasteiger partial charge in [-0.1, -0.05) is 13.0 Å². The fourth-order valence-electron chi connectivity index (χ4n) is 1.56. The summed E-state index contributed by atoms with van der Waals surface area (Å²) in [6.07, 6.45) is 0.528. The Kier molecular flexibility index (Phi) is 5.41. The van der Waals surface area contributed by atoms with Crippen molar-refractivity contribution in [3.8, 4) is 0 Å². The molecule has 104 valence electrons. The third-order valence-corrected chi connectivity index (χ3v) is 2.67. The monoisotopic (exact) mass is 271 g/mol. The predicted molar refractivity (Wildman–Crippen MR) is 64.5 cm³/mol. The SMILES string of the molecule is CC[C@@H](NC(=O)CCc1ccc(F)c(F)c1)C(=O)O. The van der Waals surface area contributed by atoms with Crippen molar-refractivity contribution in [2.24, 2.45) is 0 Å². The van der Waals surface area contributed by atoms with Crippen LogP contribution >= 0.6 is 0 Å². The molecule has 4 nitrogen and oxygen atoms in total. The van der Waals surface area contributed by atoms with Gasteiger partial charge in [-0.25, -0.2) is 13.6 Å². The zero-order valence-corrected chi connectivity index (χ0v) is 10.5. The Hall–Kier alpha value is -1.98. The number of hydrogen-bond acceptors (Lipinski definition) is 2. The molecule has 0 saturated heterocycles. The molecule has 0 saturated carbocycles. The molecule has 0 aliphatic carbocycles. The number of aryl methyl sites for hydroxylation is 1. The molecule has 0 bridgehead atoms. The molecular weight excluding hydrogens is 256 g/mol. The van der Waals surface area contributed by atoms with Crippen molar-refractivity contribution in [3.05, 3.63) is 35.4 Å². The van der Waals surface area contributed by atoms with E-state index in [0.29, 0.717) is 5.56 Å². The van der Waals surface area contributed by atoms with Crippen molar-refractivity contribution >= 4 is 11.9 Å². The van der Waals surface area contributed by atoms with Gasteiger partial charge in [-0.05, 0) is 30.5 Å². The van der Waals surface area contributed by atoms with E-state index in [0.717, 1.165) is 12.1 Å². The van der Waals surface area contributed by atoms with Gasteiger partial charge in [0.2, 0.25) is 5.91 Å². The second kappa shape index (κ2) is 6.82. The Balaban J connectivity index is 2.49. The number of carbonyl (C=O) groups is 2. The number of carboxylic acid groups (broad SMARTS) is 1. The maximum absolute atomic E-state index is 12.9. The second-order valence-corrected chi connectivity index (χ2v) is 4.12. The summed E-state index contributed by atoms with van der Waals surface area (Å²) in [7, 11) is 0. The number of aliphatic carboxylic acids is 1. The van der Waals surface area contributed by atoms with Crippen LogP contribution in [-0.4, -0.2) is 23.0 Å². The van der Waals surface area contributed by atoms with Gasteiger partial charge in [0.1, 0.15) is 6.04 Å². The molecule has 0 unspecified atom stereocenters. The number of hydrogen-bond donors (Lipinski definition) is 2. The van der Waals surface area contributed by atoms with Crippen LogP contribution in [0.15, 0.2) is 18.2 Å². The topological polar surface area (TPSA) is 66.4 Å². The number of carboxylic acids is 1. The first-order valence-electron chi connectivity index (χ1n) is 5.90. The van der Waals surface area contributed by atoms with Gasteiger partial charge in [0.15, 0.2) is 11.6 Å². The van der Waals surface area contributed by atoms with Gasteiger partial charge in [0.25, 0.3) is 0 Å². The molecule has 19 heavy (non-hydrogen) atoms. The lowest BCUT2D eigenvalue weighted by Gasteiger charge is -2.12. The standard InChI is InChI=1S/C13H15F2NO3/c1-2-11(13(18)19)16-12(17)6-4-8-3-5-9(14)10(15)7-8/h3,5,7,11H,2,4,6H2,1H3,(H,16,17)(H,18,19)/t11-/m1/s1.